The van der Waals surface area contributed by atoms with Gasteiger partial charge in [-0.2, -0.15) is 11.8 Å². The molecule has 0 heterocycles. The van der Waals surface area contributed by atoms with E-state index in [4.69, 9.17) is 10.8 Å². The van der Waals surface area contributed by atoms with Crippen LogP contribution in [0.25, 0.3) is 0 Å². The fourth-order valence-corrected chi connectivity index (χ4v) is 3.41. The Morgan fingerprint density at radius 2 is 2.00 bits per heavy atom. The Labute approximate surface area is 115 Å². The number of benzene rings is 1. The number of aliphatic hydroxyl groups is 1. The maximum atomic E-state index is 9.12. The highest BCUT2D eigenvalue weighted by atomic mass is 32.2. The SMILES string of the molecule is CCC(N)C(SCC(C)CO)c1ccccc1C. The topological polar surface area (TPSA) is 46.2 Å². The van der Waals surface area contributed by atoms with Crippen molar-refractivity contribution < 1.29 is 5.11 Å². The summed E-state index contributed by atoms with van der Waals surface area (Å²) in [6.45, 7) is 6.58. The largest absolute Gasteiger partial charge is 0.396 e. The van der Waals surface area contributed by atoms with E-state index in [1.807, 2.05) is 11.8 Å². The first-order valence-corrected chi connectivity index (χ1v) is 7.68. The van der Waals surface area contributed by atoms with Crippen LogP contribution >= 0.6 is 11.8 Å². The van der Waals surface area contributed by atoms with E-state index in [1.54, 1.807) is 0 Å². The third-order valence-corrected chi connectivity index (χ3v) is 4.95. The molecule has 0 saturated heterocycles. The Hall–Kier alpha value is -0.510. The van der Waals surface area contributed by atoms with E-state index in [-0.39, 0.29) is 12.6 Å². The van der Waals surface area contributed by atoms with Crippen molar-refractivity contribution in [1.29, 1.82) is 0 Å². The van der Waals surface area contributed by atoms with Crippen LogP contribution in [-0.2, 0) is 0 Å². The lowest BCUT2D eigenvalue weighted by atomic mass is 10.00. The third kappa shape index (κ3) is 4.30. The molecule has 1 aromatic rings. The van der Waals surface area contributed by atoms with Gasteiger partial charge in [-0.3, -0.25) is 0 Å². The highest BCUT2D eigenvalue weighted by molar-refractivity contribution is 7.99. The van der Waals surface area contributed by atoms with E-state index >= 15 is 0 Å². The first kappa shape index (κ1) is 15.5. The quantitative estimate of drug-likeness (QED) is 0.798. The van der Waals surface area contributed by atoms with Gasteiger partial charge in [0.05, 0.1) is 0 Å². The van der Waals surface area contributed by atoms with E-state index in [0.717, 1.165) is 12.2 Å². The molecule has 0 amide bonds. The third-order valence-electron chi connectivity index (χ3n) is 3.23. The minimum Gasteiger partial charge on any atom is -0.396 e. The van der Waals surface area contributed by atoms with Crippen LogP contribution in [0.5, 0.6) is 0 Å². The molecular formula is C15H25NOS. The molecule has 3 unspecified atom stereocenters. The van der Waals surface area contributed by atoms with Crippen molar-refractivity contribution in [2.24, 2.45) is 11.7 Å². The molecule has 3 N–H and O–H groups in total. The lowest BCUT2D eigenvalue weighted by molar-refractivity contribution is 0.250. The number of nitrogens with two attached hydrogens (primary N) is 1. The molecule has 1 rings (SSSR count). The van der Waals surface area contributed by atoms with Crippen LogP contribution in [0.15, 0.2) is 24.3 Å². The van der Waals surface area contributed by atoms with Crippen molar-refractivity contribution in [3.63, 3.8) is 0 Å². The number of rotatable bonds is 7. The second-order valence-electron chi connectivity index (χ2n) is 4.97. The molecule has 0 aromatic heterocycles. The summed E-state index contributed by atoms with van der Waals surface area (Å²) in [5.74, 6) is 1.27. The smallest absolute Gasteiger partial charge is 0.0464 e. The van der Waals surface area contributed by atoms with Gasteiger partial charge < -0.3 is 10.8 Å². The van der Waals surface area contributed by atoms with Crippen LogP contribution in [0.4, 0.5) is 0 Å². The molecule has 18 heavy (non-hydrogen) atoms. The molecule has 3 heteroatoms. The molecule has 0 aliphatic carbocycles. The number of aryl methyl sites for hydroxylation is 1. The molecule has 0 fully saturated rings. The van der Waals surface area contributed by atoms with Crippen LogP contribution in [0, 0.1) is 12.8 Å². The maximum Gasteiger partial charge on any atom is 0.0464 e. The van der Waals surface area contributed by atoms with Gasteiger partial charge in [0.1, 0.15) is 0 Å². The Kier molecular flexibility index (Phi) is 6.76. The molecule has 0 aliphatic rings. The van der Waals surface area contributed by atoms with Crippen molar-refractivity contribution >= 4 is 11.8 Å². The van der Waals surface area contributed by atoms with Crippen LogP contribution in [0.2, 0.25) is 0 Å². The predicted octanol–water partition coefficient (Wildman–Crippen LogP) is 3.14. The second-order valence-corrected chi connectivity index (χ2v) is 6.14. The van der Waals surface area contributed by atoms with E-state index in [0.29, 0.717) is 11.2 Å². The molecule has 1 aromatic carbocycles. The predicted molar refractivity (Wildman–Crippen MR) is 80.9 cm³/mol. The van der Waals surface area contributed by atoms with Crippen molar-refractivity contribution in [3.05, 3.63) is 35.4 Å². The van der Waals surface area contributed by atoms with E-state index < -0.39 is 0 Å². The van der Waals surface area contributed by atoms with Gasteiger partial charge in [0.25, 0.3) is 0 Å². The fourth-order valence-electron chi connectivity index (χ4n) is 1.88. The fraction of sp³-hybridized carbons (Fsp3) is 0.600. The standard InChI is InChI=1S/C15H25NOS/c1-4-14(16)15(18-10-11(2)9-17)13-8-6-5-7-12(13)3/h5-8,11,14-15,17H,4,9-10,16H2,1-3H3. The van der Waals surface area contributed by atoms with Crippen LogP contribution < -0.4 is 5.73 Å². The highest BCUT2D eigenvalue weighted by Crippen LogP contribution is 2.35. The number of hydrogen-bond donors (Lipinski definition) is 2. The maximum absolute atomic E-state index is 9.12. The first-order chi connectivity index (χ1) is 8.60. The summed E-state index contributed by atoms with van der Waals surface area (Å²) in [5, 5.41) is 9.45. The van der Waals surface area contributed by atoms with Gasteiger partial charge in [-0.15, -0.1) is 0 Å². The lowest BCUT2D eigenvalue weighted by Gasteiger charge is -2.25. The lowest BCUT2D eigenvalue weighted by Crippen LogP contribution is -2.27. The number of hydrogen-bond acceptors (Lipinski definition) is 3. The Bertz CT molecular complexity index is 356. The van der Waals surface area contributed by atoms with Gasteiger partial charge in [0, 0.05) is 17.9 Å². The Morgan fingerprint density at radius 1 is 1.33 bits per heavy atom. The van der Waals surface area contributed by atoms with Gasteiger partial charge >= 0.3 is 0 Å². The Morgan fingerprint density at radius 3 is 2.56 bits per heavy atom. The van der Waals surface area contributed by atoms with Crippen molar-refractivity contribution in [1.82, 2.24) is 0 Å². The molecular weight excluding hydrogens is 242 g/mol. The zero-order valence-electron chi connectivity index (χ0n) is 11.6. The zero-order chi connectivity index (χ0) is 13.5. The van der Waals surface area contributed by atoms with Gasteiger partial charge in [-0.05, 0) is 36.1 Å². The van der Waals surface area contributed by atoms with Gasteiger partial charge in [0.15, 0.2) is 0 Å². The van der Waals surface area contributed by atoms with Gasteiger partial charge in [-0.25, -0.2) is 0 Å². The number of aliphatic hydroxyl groups excluding tert-OH is 1. The normalized spacial score (nSPS) is 16.3. The summed E-state index contributed by atoms with van der Waals surface area (Å²) < 4.78 is 0. The average molecular weight is 267 g/mol. The van der Waals surface area contributed by atoms with Gasteiger partial charge in [-0.1, -0.05) is 38.1 Å². The minimum atomic E-state index is 0.169. The van der Waals surface area contributed by atoms with Crippen molar-refractivity contribution in [2.45, 2.75) is 38.5 Å². The molecule has 3 atom stereocenters. The highest BCUT2D eigenvalue weighted by Gasteiger charge is 2.21. The minimum absolute atomic E-state index is 0.169. The second kappa shape index (κ2) is 7.82. The molecule has 0 aliphatic heterocycles. The molecule has 102 valence electrons. The summed E-state index contributed by atoms with van der Waals surface area (Å²) in [4.78, 5) is 0. The summed E-state index contributed by atoms with van der Waals surface area (Å²) in [7, 11) is 0. The number of thioether (sulfide) groups is 1. The van der Waals surface area contributed by atoms with Crippen LogP contribution in [0.3, 0.4) is 0 Å². The van der Waals surface area contributed by atoms with Gasteiger partial charge in [0.2, 0.25) is 0 Å². The summed E-state index contributed by atoms with van der Waals surface area (Å²) in [5.41, 5.74) is 8.90. The Balaban J connectivity index is 2.82. The molecule has 0 radical (unpaired) electrons. The summed E-state index contributed by atoms with van der Waals surface area (Å²) >= 11 is 1.87. The molecule has 0 saturated carbocycles. The van der Waals surface area contributed by atoms with E-state index in [9.17, 15) is 0 Å². The average Bonchev–Trinajstić information content (AvgIpc) is 2.40. The summed E-state index contributed by atoms with van der Waals surface area (Å²) in [6, 6.07) is 8.62. The molecule has 0 spiro atoms. The van der Waals surface area contributed by atoms with E-state index in [1.165, 1.54) is 11.1 Å². The molecule has 0 bridgehead atoms. The van der Waals surface area contributed by atoms with Crippen molar-refractivity contribution in [3.8, 4) is 0 Å². The van der Waals surface area contributed by atoms with Crippen molar-refractivity contribution in [2.75, 3.05) is 12.4 Å². The molecule has 2 nitrogen and oxygen atoms in total. The van der Waals surface area contributed by atoms with Crippen LogP contribution in [-0.4, -0.2) is 23.5 Å². The van der Waals surface area contributed by atoms with Crippen LogP contribution in [0.1, 0.15) is 36.6 Å². The first-order valence-electron chi connectivity index (χ1n) is 6.63. The summed E-state index contributed by atoms with van der Waals surface area (Å²) in [6.07, 6.45) is 0.972. The van der Waals surface area contributed by atoms with E-state index in [2.05, 4.69) is 45.0 Å². The monoisotopic (exact) mass is 267 g/mol. The zero-order valence-corrected chi connectivity index (χ0v) is 12.4.